The van der Waals surface area contributed by atoms with Crippen LogP contribution in [0.4, 0.5) is 0 Å². The van der Waals surface area contributed by atoms with Crippen LogP contribution in [0.3, 0.4) is 0 Å². The standard InChI is InChI=1S/C22H19N2O3S/c1-23-17-8-6-13(27-2)12-18(17)24-21(23)15-7-9-19(28-11-10-25)14-4-3-5-16(20(14)15)22(24)26/h3-9,12,25H,10-11H2,1-2H3/q+1. The molecule has 5 aromatic rings. The zero-order valence-corrected chi connectivity index (χ0v) is 16.4. The van der Waals surface area contributed by atoms with Crippen LogP contribution in [0.15, 0.2) is 58.2 Å². The van der Waals surface area contributed by atoms with E-state index >= 15 is 0 Å². The van der Waals surface area contributed by atoms with Gasteiger partial charge < -0.3 is 9.84 Å². The van der Waals surface area contributed by atoms with Gasteiger partial charge in [-0.15, -0.1) is 11.8 Å². The van der Waals surface area contributed by atoms with Crippen LogP contribution in [0.1, 0.15) is 0 Å². The second-order valence-electron chi connectivity index (χ2n) is 6.79. The lowest BCUT2D eigenvalue weighted by molar-refractivity contribution is -0.617. The predicted molar refractivity (Wildman–Crippen MR) is 113 cm³/mol. The Bertz CT molecular complexity index is 1420. The molecule has 2 aromatic heterocycles. The van der Waals surface area contributed by atoms with Crippen LogP contribution in [0.25, 0.3) is 38.2 Å². The van der Waals surface area contributed by atoms with E-state index in [1.54, 1.807) is 23.3 Å². The van der Waals surface area contributed by atoms with Crippen molar-refractivity contribution in [3.63, 3.8) is 0 Å². The van der Waals surface area contributed by atoms with Gasteiger partial charge >= 0.3 is 5.56 Å². The van der Waals surface area contributed by atoms with Crippen molar-refractivity contribution in [2.45, 2.75) is 4.90 Å². The summed E-state index contributed by atoms with van der Waals surface area (Å²) in [5.74, 6) is 1.35. The number of imidazole rings is 1. The number of fused-ring (bicyclic) bond motifs is 4. The number of pyridine rings is 1. The Morgan fingerprint density at radius 1 is 1.11 bits per heavy atom. The van der Waals surface area contributed by atoms with Crippen molar-refractivity contribution in [3.05, 3.63) is 58.9 Å². The first-order valence-electron chi connectivity index (χ1n) is 9.08. The number of thioether (sulfide) groups is 1. The molecule has 1 N–H and O–H groups in total. The highest BCUT2D eigenvalue weighted by molar-refractivity contribution is 7.99. The van der Waals surface area contributed by atoms with E-state index in [2.05, 4.69) is 22.8 Å². The summed E-state index contributed by atoms with van der Waals surface area (Å²) in [7, 11) is 3.62. The van der Waals surface area contributed by atoms with E-state index in [-0.39, 0.29) is 12.2 Å². The lowest BCUT2D eigenvalue weighted by Crippen LogP contribution is -2.29. The summed E-state index contributed by atoms with van der Waals surface area (Å²) in [4.78, 5) is 14.6. The van der Waals surface area contributed by atoms with Crippen LogP contribution in [-0.2, 0) is 7.05 Å². The van der Waals surface area contributed by atoms with E-state index in [9.17, 15) is 9.90 Å². The molecule has 0 amide bonds. The molecule has 0 aliphatic rings. The molecule has 2 heterocycles. The summed E-state index contributed by atoms with van der Waals surface area (Å²) in [6, 6.07) is 15.9. The maximum atomic E-state index is 13.5. The molecule has 5 nitrogen and oxygen atoms in total. The second-order valence-corrected chi connectivity index (χ2v) is 7.93. The molecule has 0 saturated heterocycles. The average molecular weight is 391 g/mol. The van der Waals surface area contributed by atoms with E-state index in [1.165, 1.54) is 0 Å². The van der Waals surface area contributed by atoms with Crippen LogP contribution in [0.5, 0.6) is 5.75 Å². The molecule has 0 unspecified atom stereocenters. The normalized spacial score (nSPS) is 12.0. The van der Waals surface area contributed by atoms with Gasteiger partial charge in [0.15, 0.2) is 11.0 Å². The Labute approximate surface area is 165 Å². The first-order valence-corrected chi connectivity index (χ1v) is 10.1. The van der Waals surface area contributed by atoms with Crippen molar-refractivity contribution in [1.82, 2.24) is 4.40 Å². The topological polar surface area (TPSA) is 54.8 Å². The van der Waals surface area contributed by atoms with Gasteiger partial charge in [-0.05, 0) is 35.7 Å². The fourth-order valence-corrected chi connectivity index (χ4v) is 4.93. The van der Waals surface area contributed by atoms with Crippen molar-refractivity contribution in [1.29, 1.82) is 0 Å². The summed E-state index contributed by atoms with van der Waals surface area (Å²) in [6.45, 7) is 0.123. The molecule has 0 fully saturated rings. The molecule has 0 aliphatic heterocycles. The minimum absolute atomic E-state index is 0.0312. The van der Waals surface area contributed by atoms with E-state index in [1.807, 2.05) is 37.4 Å². The molecule has 3 aromatic carbocycles. The van der Waals surface area contributed by atoms with Crippen molar-refractivity contribution in [2.24, 2.45) is 7.05 Å². The number of methoxy groups -OCH3 is 1. The molecule has 0 spiro atoms. The summed E-state index contributed by atoms with van der Waals surface area (Å²) in [5, 5.41) is 13.0. The molecule has 140 valence electrons. The molecule has 0 atom stereocenters. The summed E-state index contributed by atoms with van der Waals surface area (Å²) in [6.07, 6.45) is 0. The van der Waals surface area contributed by atoms with Gasteiger partial charge in [0.2, 0.25) is 0 Å². The number of aliphatic hydroxyl groups is 1. The Balaban J connectivity index is 2.02. The monoisotopic (exact) mass is 391 g/mol. The van der Waals surface area contributed by atoms with Gasteiger partial charge in [-0.1, -0.05) is 12.1 Å². The van der Waals surface area contributed by atoms with Crippen LogP contribution in [0, 0.1) is 0 Å². The van der Waals surface area contributed by atoms with Gasteiger partial charge in [-0.3, -0.25) is 0 Å². The lowest BCUT2D eigenvalue weighted by Gasteiger charge is -2.09. The first kappa shape index (κ1) is 17.3. The number of aromatic nitrogens is 2. The molecule has 5 rings (SSSR count). The number of rotatable bonds is 4. The zero-order valence-electron chi connectivity index (χ0n) is 15.6. The minimum Gasteiger partial charge on any atom is -0.497 e. The highest BCUT2D eigenvalue weighted by atomic mass is 32.2. The third kappa shape index (κ3) is 2.25. The van der Waals surface area contributed by atoms with E-state index in [4.69, 9.17) is 4.74 Å². The van der Waals surface area contributed by atoms with Gasteiger partial charge in [0, 0.05) is 22.1 Å². The third-order valence-corrected chi connectivity index (χ3v) is 6.39. The van der Waals surface area contributed by atoms with Gasteiger partial charge in [0.05, 0.1) is 31.5 Å². The number of hydrogen-bond acceptors (Lipinski definition) is 4. The van der Waals surface area contributed by atoms with Crippen molar-refractivity contribution < 1.29 is 14.4 Å². The third-order valence-electron chi connectivity index (χ3n) is 5.34. The van der Waals surface area contributed by atoms with Gasteiger partial charge in [0.1, 0.15) is 5.75 Å². The number of aryl methyl sites for hydroxylation is 1. The number of benzene rings is 3. The molecule has 0 radical (unpaired) electrons. The smallest absolute Gasteiger partial charge is 0.347 e. The van der Waals surface area contributed by atoms with E-state index in [0.29, 0.717) is 11.1 Å². The molecular formula is C22H19N2O3S+. The summed E-state index contributed by atoms with van der Waals surface area (Å²) < 4.78 is 9.24. The van der Waals surface area contributed by atoms with Crippen LogP contribution < -0.4 is 14.9 Å². The Morgan fingerprint density at radius 3 is 2.71 bits per heavy atom. The lowest BCUT2D eigenvalue weighted by atomic mass is 10.0. The molecule has 0 aliphatic carbocycles. The largest absolute Gasteiger partial charge is 0.497 e. The number of ether oxygens (including phenoxy) is 1. The maximum absolute atomic E-state index is 13.5. The molecular weight excluding hydrogens is 372 g/mol. The summed E-state index contributed by atoms with van der Waals surface area (Å²) >= 11 is 1.61. The van der Waals surface area contributed by atoms with Crippen molar-refractivity contribution in [3.8, 4) is 5.75 Å². The molecule has 0 saturated carbocycles. The van der Waals surface area contributed by atoms with E-state index < -0.39 is 0 Å². The van der Waals surface area contributed by atoms with Crippen LogP contribution >= 0.6 is 11.8 Å². The van der Waals surface area contributed by atoms with E-state index in [0.717, 1.165) is 43.5 Å². The second kappa shape index (κ2) is 6.36. The zero-order chi connectivity index (χ0) is 19.4. The van der Waals surface area contributed by atoms with Gasteiger partial charge in [0.25, 0.3) is 5.65 Å². The number of aliphatic hydroxyl groups excluding tert-OH is 1. The molecule has 28 heavy (non-hydrogen) atoms. The van der Waals surface area contributed by atoms with Gasteiger partial charge in [-0.2, -0.15) is 4.40 Å². The number of nitrogens with zero attached hydrogens (tertiary/aromatic N) is 2. The Morgan fingerprint density at radius 2 is 1.93 bits per heavy atom. The van der Waals surface area contributed by atoms with Crippen molar-refractivity contribution in [2.75, 3.05) is 19.5 Å². The SMILES string of the molecule is COc1ccc2c(c1)n1c(=O)c3cccc4c(SCCO)ccc(c43)c1[n+]2C. The number of hydrogen-bond donors (Lipinski definition) is 1. The average Bonchev–Trinajstić information content (AvgIpc) is 3.02. The summed E-state index contributed by atoms with van der Waals surface area (Å²) in [5.41, 5.74) is 2.65. The highest BCUT2D eigenvalue weighted by Crippen LogP contribution is 2.35. The Hall–Kier alpha value is -2.83. The highest BCUT2D eigenvalue weighted by Gasteiger charge is 2.25. The van der Waals surface area contributed by atoms with Crippen LogP contribution in [-0.4, -0.2) is 29.0 Å². The van der Waals surface area contributed by atoms with Gasteiger partial charge in [-0.25, -0.2) is 9.36 Å². The predicted octanol–water partition coefficient (Wildman–Crippen LogP) is 3.11. The molecule has 0 bridgehead atoms. The fraction of sp³-hybridized carbons (Fsp3) is 0.182. The Kier molecular flexibility index (Phi) is 3.92. The maximum Gasteiger partial charge on any atom is 0.347 e. The van der Waals surface area contributed by atoms with Crippen molar-refractivity contribution >= 4 is 50.0 Å². The van der Waals surface area contributed by atoms with Crippen LogP contribution in [0.2, 0.25) is 0 Å². The fourth-order valence-electron chi connectivity index (χ4n) is 4.12. The first-order chi connectivity index (χ1) is 13.7. The minimum atomic E-state index is -0.0312. The quantitative estimate of drug-likeness (QED) is 0.378. The molecule has 6 heteroatoms.